The van der Waals surface area contributed by atoms with Crippen LogP contribution in [0.25, 0.3) is 0 Å². The Hall–Kier alpha value is -2.63. The van der Waals surface area contributed by atoms with Gasteiger partial charge in [0, 0.05) is 16.9 Å². The van der Waals surface area contributed by atoms with Crippen molar-refractivity contribution in [2.75, 3.05) is 10.6 Å². The summed E-state index contributed by atoms with van der Waals surface area (Å²) in [6.07, 6.45) is 1.49. The van der Waals surface area contributed by atoms with Crippen LogP contribution in [0.15, 0.2) is 60.8 Å². The van der Waals surface area contributed by atoms with E-state index in [1.165, 1.54) is 24.4 Å². The highest BCUT2D eigenvalue weighted by Gasteiger charge is 2.13. The molecule has 25 heavy (non-hydrogen) atoms. The highest BCUT2D eigenvalue weighted by molar-refractivity contribution is 6.33. The lowest BCUT2D eigenvalue weighted by Gasteiger charge is -2.14. The molecule has 0 bridgehead atoms. The Labute approximate surface area is 153 Å². The van der Waals surface area contributed by atoms with Gasteiger partial charge in [-0.1, -0.05) is 23.2 Å². The summed E-state index contributed by atoms with van der Waals surface area (Å²) in [7, 11) is 0. The predicted octanol–water partition coefficient (Wildman–Crippen LogP) is 5.52. The molecular formula is C18H12Cl2FN3O. The molecule has 0 saturated carbocycles. The van der Waals surface area contributed by atoms with Crippen LogP contribution in [-0.2, 0) is 0 Å². The molecule has 0 spiro atoms. The number of rotatable bonds is 4. The molecule has 0 saturated heterocycles. The maximum Gasteiger partial charge on any atom is 0.258 e. The maximum absolute atomic E-state index is 13.6. The van der Waals surface area contributed by atoms with Gasteiger partial charge >= 0.3 is 0 Å². The van der Waals surface area contributed by atoms with Gasteiger partial charge < -0.3 is 10.6 Å². The molecule has 0 aliphatic rings. The number of nitrogens with zero attached hydrogens (tertiary/aromatic N) is 1. The van der Waals surface area contributed by atoms with E-state index in [-0.39, 0.29) is 10.7 Å². The van der Waals surface area contributed by atoms with Crippen LogP contribution in [0, 0.1) is 5.82 Å². The summed E-state index contributed by atoms with van der Waals surface area (Å²) in [6, 6.07) is 14.1. The van der Waals surface area contributed by atoms with Crippen molar-refractivity contribution in [3.63, 3.8) is 0 Å². The van der Waals surface area contributed by atoms with Crippen molar-refractivity contribution in [2.45, 2.75) is 0 Å². The highest BCUT2D eigenvalue weighted by Crippen LogP contribution is 2.28. The van der Waals surface area contributed by atoms with Gasteiger partial charge in [0.1, 0.15) is 11.0 Å². The Bertz CT molecular complexity index is 916. The van der Waals surface area contributed by atoms with Crippen LogP contribution >= 0.6 is 23.2 Å². The fourth-order valence-corrected chi connectivity index (χ4v) is 2.49. The Morgan fingerprint density at radius 2 is 1.76 bits per heavy atom. The minimum absolute atomic E-state index is 0.0920. The summed E-state index contributed by atoms with van der Waals surface area (Å²) in [5.41, 5.74) is 1.73. The minimum atomic E-state index is -0.441. The zero-order valence-corrected chi connectivity index (χ0v) is 14.3. The third kappa shape index (κ3) is 4.26. The predicted molar refractivity (Wildman–Crippen MR) is 98.3 cm³/mol. The third-order valence-electron chi connectivity index (χ3n) is 3.36. The molecule has 3 aromatic rings. The fraction of sp³-hybridized carbons (Fsp3) is 0. The summed E-state index contributed by atoms with van der Waals surface area (Å²) in [6.45, 7) is 0. The van der Waals surface area contributed by atoms with Gasteiger partial charge in [0.2, 0.25) is 0 Å². The number of nitrogens with one attached hydrogen (secondary N) is 2. The molecule has 7 heteroatoms. The number of amides is 1. The Morgan fingerprint density at radius 1 is 1.00 bits per heavy atom. The molecule has 0 atom stereocenters. The van der Waals surface area contributed by atoms with Crippen molar-refractivity contribution in [1.29, 1.82) is 0 Å². The number of carbonyl (C=O) groups excluding carboxylic acids is 1. The van der Waals surface area contributed by atoms with E-state index in [4.69, 9.17) is 23.2 Å². The first-order chi connectivity index (χ1) is 12.0. The van der Waals surface area contributed by atoms with Gasteiger partial charge in [0.05, 0.1) is 16.9 Å². The summed E-state index contributed by atoms with van der Waals surface area (Å²) in [5, 5.41) is 6.44. The molecule has 0 radical (unpaired) electrons. The van der Waals surface area contributed by atoms with Crippen molar-refractivity contribution >= 4 is 46.2 Å². The Morgan fingerprint density at radius 3 is 2.48 bits per heavy atom. The van der Waals surface area contributed by atoms with Crippen LogP contribution in [0.2, 0.25) is 10.2 Å². The topological polar surface area (TPSA) is 54.0 Å². The van der Waals surface area contributed by atoms with Crippen molar-refractivity contribution in [3.8, 4) is 0 Å². The van der Waals surface area contributed by atoms with Gasteiger partial charge in [-0.25, -0.2) is 9.37 Å². The molecule has 2 N–H and O–H groups in total. The quantitative estimate of drug-likeness (QED) is 0.590. The van der Waals surface area contributed by atoms with Crippen LogP contribution in [0.1, 0.15) is 10.4 Å². The smallest absolute Gasteiger partial charge is 0.258 e. The van der Waals surface area contributed by atoms with Crippen LogP contribution < -0.4 is 10.6 Å². The molecule has 0 aliphatic heterocycles. The maximum atomic E-state index is 13.6. The summed E-state index contributed by atoms with van der Waals surface area (Å²) in [5.74, 6) is -0.877. The molecule has 2 aromatic carbocycles. The van der Waals surface area contributed by atoms with E-state index in [9.17, 15) is 9.18 Å². The van der Waals surface area contributed by atoms with Crippen molar-refractivity contribution in [3.05, 3.63) is 82.4 Å². The van der Waals surface area contributed by atoms with Gasteiger partial charge in [-0.2, -0.15) is 0 Å². The SMILES string of the molecule is O=C(Nc1ccc(F)cc1Nc1ccc(Cl)cc1)c1cccnc1Cl. The first kappa shape index (κ1) is 17.2. The molecule has 0 fully saturated rings. The Balaban J connectivity index is 1.87. The molecule has 1 amide bonds. The fourth-order valence-electron chi connectivity index (χ4n) is 2.16. The van der Waals surface area contributed by atoms with E-state index in [1.54, 1.807) is 36.4 Å². The number of pyridine rings is 1. The summed E-state index contributed by atoms with van der Waals surface area (Å²) >= 11 is 11.8. The molecule has 126 valence electrons. The second-order valence-electron chi connectivity index (χ2n) is 5.12. The van der Waals surface area contributed by atoms with Crippen molar-refractivity contribution in [1.82, 2.24) is 4.98 Å². The molecular weight excluding hydrogens is 364 g/mol. The lowest BCUT2D eigenvalue weighted by Crippen LogP contribution is -2.14. The first-order valence-corrected chi connectivity index (χ1v) is 8.02. The molecule has 1 aromatic heterocycles. The van der Waals surface area contributed by atoms with E-state index < -0.39 is 11.7 Å². The van der Waals surface area contributed by atoms with Crippen molar-refractivity contribution in [2.24, 2.45) is 0 Å². The molecule has 4 nitrogen and oxygen atoms in total. The Kier molecular flexibility index (Phi) is 5.16. The summed E-state index contributed by atoms with van der Waals surface area (Å²) in [4.78, 5) is 16.3. The van der Waals surface area contributed by atoms with Gasteiger partial charge in [0.25, 0.3) is 5.91 Å². The number of hydrogen-bond donors (Lipinski definition) is 2. The van der Waals surface area contributed by atoms with Crippen molar-refractivity contribution < 1.29 is 9.18 Å². The second-order valence-corrected chi connectivity index (χ2v) is 5.91. The van der Waals surface area contributed by atoms with Crippen LogP contribution in [0.5, 0.6) is 0 Å². The van der Waals surface area contributed by atoms with Gasteiger partial charge in [-0.3, -0.25) is 4.79 Å². The zero-order valence-electron chi connectivity index (χ0n) is 12.8. The highest BCUT2D eigenvalue weighted by atomic mass is 35.5. The molecule has 0 aliphatic carbocycles. The van der Waals surface area contributed by atoms with E-state index >= 15 is 0 Å². The third-order valence-corrected chi connectivity index (χ3v) is 3.91. The monoisotopic (exact) mass is 375 g/mol. The molecule has 1 heterocycles. The molecule has 3 rings (SSSR count). The summed E-state index contributed by atoms with van der Waals surface area (Å²) < 4.78 is 13.6. The van der Waals surface area contributed by atoms with Crippen LogP contribution in [-0.4, -0.2) is 10.9 Å². The second kappa shape index (κ2) is 7.51. The van der Waals surface area contributed by atoms with E-state index in [1.807, 2.05) is 0 Å². The number of carbonyl (C=O) groups is 1. The van der Waals surface area contributed by atoms with E-state index in [0.717, 1.165) is 0 Å². The normalized spacial score (nSPS) is 10.4. The van der Waals surface area contributed by atoms with Gasteiger partial charge in [0.15, 0.2) is 0 Å². The number of anilines is 3. The number of aromatic nitrogens is 1. The lowest BCUT2D eigenvalue weighted by atomic mass is 10.2. The minimum Gasteiger partial charge on any atom is -0.354 e. The van der Waals surface area contributed by atoms with Crippen LogP contribution in [0.3, 0.4) is 0 Å². The van der Waals surface area contributed by atoms with Gasteiger partial charge in [-0.15, -0.1) is 0 Å². The van der Waals surface area contributed by atoms with E-state index in [2.05, 4.69) is 15.6 Å². The average molecular weight is 376 g/mol. The average Bonchev–Trinajstić information content (AvgIpc) is 2.59. The lowest BCUT2D eigenvalue weighted by molar-refractivity contribution is 0.102. The van der Waals surface area contributed by atoms with E-state index in [0.29, 0.717) is 22.1 Å². The molecule has 0 unspecified atom stereocenters. The number of halogens is 3. The largest absolute Gasteiger partial charge is 0.354 e. The standard InChI is InChI=1S/C18H12Cl2FN3O/c19-11-3-6-13(7-4-11)23-16-10-12(21)5-8-15(16)24-18(25)14-2-1-9-22-17(14)20/h1-10,23H,(H,24,25). The number of hydrogen-bond acceptors (Lipinski definition) is 3. The zero-order chi connectivity index (χ0) is 17.8. The van der Waals surface area contributed by atoms with Crippen LogP contribution in [0.4, 0.5) is 21.5 Å². The van der Waals surface area contributed by atoms with Gasteiger partial charge in [-0.05, 0) is 54.6 Å². The first-order valence-electron chi connectivity index (χ1n) is 7.27. The number of benzene rings is 2.